The standard InChI is InChI=1S/C8H20N4O2S/c1-4-12(6-5-8(9)10)15(13,14)11-7(2)3/h7,11H,4-6H2,1-3H3,(H3,9,10). The van der Waals surface area contributed by atoms with Gasteiger partial charge in [0.15, 0.2) is 0 Å². The molecular formula is C8H20N4O2S. The van der Waals surface area contributed by atoms with Crippen molar-refractivity contribution in [2.24, 2.45) is 5.73 Å². The lowest BCUT2D eigenvalue weighted by Gasteiger charge is -2.21. The topological polar surface area (TPSA) is 99.3 Å². The lowest BCUT2D eigenvalue weighted by molar-refractivity contribution is 0.422. The summed E-state index contributed by atoms with van der Waals surface area (Å²) >= 11 is 0. The van der Waals surface area contributed by atoms with Gasteiger partial charge in [-0.2, -0.15) is 17.4 Å². The van der Waals surface area contributed by atoms with Crippen LogP contribution >= 0.6 is 0 Å². The maximum atomic E-state index is 11.7. The lowest BCUT2D eigenvalue weighted by atomic mass is 10.4. The van der Waals surface area contributed by atoms with Crippen molar-refractivity contribution in [2.75, 3.05) is 13.1 Å². The third-order valence-corrected chi connectivity index (χ3v) is 3.60. The number of rotatable bonds is 7. The zero-order valence-electron chi connectivity index (χ0n) is 9.45. The molecule has 0 saturated carbocycles. The van der Waals surface area contributed by atoms with Crippen molar-refractivity contribution < 1.29 is 8.42 Å². The molecule has 6 nitrogen and oxygen atoms in total. The van der Waals surface area contributed by atoms with Crippen LogP contribution in [0.15, 0.2) is 0 Å². The minimum atomic E-state index is -3.44. The van der Waals surface area contributed by atoms with Gasteiger partial charge in [0, 0.05) is 25.6 Å². The summed E-state index contributed by atoms with van der Waals surface area (Å²) in [5, 5.41) is 7.04. The van der Waals surface area contributed by atoms with Gasteiger partial charge in [-0.15, -0.1) is 0 Å². The Morgan fingerprint density at radius 1 is 1.53 bits per heavy atom. The van der Waals surface area contributed by atoms with Crippen molar-refractivity contribution in [3.05, 3.63) is 0 Å². The van der Waals surface area contributed by atoms with Crippen molar-refractivity contribution in [1.29, 1.82) is 5.41 Å². The molecule has 0 aliphatic rings. The van der Waals surface area contributed by atoms with E-state index in [-0.39, 0.29) is 24.8 Å². The average molecular weight is 236 g/mol. The SMILES string of the molecule is CCN(CCC(=N)N)S(=O)(=O)NC(C)C. The molecule has 0 heterocycles. The van der Waals surface area contributed by atoms with Crippen molar-refractivity contribution in [3.8, 4) is 0 Å². The van der Waals surface area contributed by atoms with E-state index >= 15 is 0 Å². The molecule has 90 valence electrons. The summed E-state index contributed by atoms with van der Waals surface area (Å²) in [6.07, 6.45) is 0.257. The summed E-state index contributed by atoms with van der Waals surface area (Å²) in [4.78, 5) is 0. The average Bonchev–Trinajstić information content (AvgIpc) is 2.01. The largest absolute Gasteiger partial charge is 0.388 e. The number of nitrogens with zero attached hydrogens (tertiary/aromatic N) is 1. The van der Waals surface area contributed by atoms with Crippen LogP contribution in [0.25, 0.3) is 0 Å². The third-order valence-electron chi connectivity index (χ3n) is 1.71. The Morgan fingerprint density at radius 3 is 2.40 bits per heavy atom. The Bertz CT molecular complexity index is 300. The van der Waals surface area contributed by atoms with E-state index in [9.17, 15) is 8.42 Å². The molecule has 0 aliphatic carbocycles. The number of nitrogens with two attached hydrogens (primary N) is 1. The predicted molar refractivity (Wildman–Crippen MR) is 61.0 cm³/mol. The van der Waals surface area contributed by atoms with E-state index in [0.717, 1.165) is 0 Å². The van der Waals surface area contributed by atoms with Gasteiger partial charge in [-0.25, -0.2) is 0 Å². The molecule has 0 aliphatic heterocycles. The van der Waals surface area contributed by atoms with E-state index in [4.69, 9.17) is 11.1 Å². The normalized spacial score (nSPS) is 12.3. The van der Waals surface area contributed by atoms with Crippen molar-refractivity contribution in [2.45, 2.75) is 33.2 Å². The Hall–Kier alpha value is -0.660. The molecule has 0 unspecified atom stereocenters. The summed E-state index contributed by atoms with van der Waals surface area (Å²) in [7, 11) is -3.44. The van der Waals surface area contributed by atoms with Crippen molar-refractivity contribution >= 4 is 16.0 Å². The fourth-order valence-electron chi connectivity index (χ4n) is 1.07. The Labute approximate surface area is 91.5 Å². The zero-order chi connectivity index (χ0) is 12.1. The molecule has 15 heavy (non-hydrogen) atoms. The molecule has 4 N–H and O–H groups in total. The van der Waals surface area contributed by atoms with E-state index in [1.54, 1.807) is 20.8 Å². The smallest absolute Gasteiger partial charge is 0.279 e. The number of hydrogen-bond donors (Lipinski definition) is 3. The monoisotopic (exact) mass is 236 g/mol. The minimum absolute atomic E-state index is 0.00630. The highest BCUT2D eigenvalue weighted by molar-refractivity contribution is 7.87. The molecule has 0 spiro atoms. The molecular weight excluding hydrogens is 216 g/mol. The number of nitrogens with one attached hydrogen (secondary N) is 2. The molecule has 0 aromatic rings. The van der Waals surface area contributed by atoms with Crippen LogP contribution in [0, 0.1) is 5.41 Å². The Balaban J connectivity index is 4.45. The van der Waals surface area contributed by atoms with Crippen LogP contribution in [0.2, 0.25) is 0 Å². The molecule has 0 radical (unpaired) electrons. The molecule has 0 aromatic heterocycles. The van der Waals surface area contributed by atoms with Gasteiger partial charge in [-0.1, -0.05) is 6.92 Å². The maximum Gasteiger partial charge on any atom is 0.279 e. The molecule has 0 bridgehead atoms. The first-order chi connectivity index (χ1) is 6.79. The summed E-state index contributed by atoms with van der Waals surface area (Å²) in [6, 6.07) is -0.138. The predicted octanol–water partition coefficient (Wildman–Crippen LogP) is -0.123. The van der Waals surface area contributed by atoms with Crippen LogP contribution in [-0.2, 0) is 10.2 Å². The summed E-state index contributed by atoms with van der Waals surface area (Å²) in [5.74, 6) is -0.00630. The zero-order valence-corrected chi connectivity index (χ0v) is 10.3. The van der Waals surface area contributed by atoms with Crippen LogP contribution in [0.3, 0.4) is 0 Å². The Kier molecular flexibility index (Phi) is 5.77. The highest BCUT2D eigenvalue weighted by Crippen LogP contribution is 2.00. The second-order valence-corrected chi connectivity index (χ2v) is 5.25. The summed E-state index contributed by atoms with van der Waals surface area (Å²) in [5.41, 5.74) is 5.18. The fraction of sp³-hybridized carbons (Fsp3) is 0.875. The van der Waals surface area contributed by atoms with E-state index in [0.29, 0.717) is 6.54 Å². The van der Waals surface area contributed by atoms with E-state index in [1.807, 2.05) is 0 Å². The first-order valence-electron chi connectivity index (χ1n) is 4.90. The van der Waals surface area contributed by atoms with Gasteiger partial charge in [0.25, 0.3) is 10.2 Å². The van der Waals surface area contributed by atoms with Crippen molar-refractivity contribution in [1.82, 2.24) is 9.03 Å². The van der Waals surface area contributed by atoms with Crippen LogP contribution in [-0.4, -0.2) is 37.7 Å². The highest BCUT2D eigenvalue weighted by Gasteiger charge is 2.20. The molecule has 0 rings (SSSR count). The first-order valence-corrected chi connectivity index (χ1v) is 6.34. The molecule has 0 amide bonds. The van der Waals surface area contributed by atoms with Gasteiger partial charge < -0.3 is 5.73 Å². The summed E-state index contributed by atoms with van der Waals surface area (Å²) in [6.45, 7) is 5.88. The molecule has 0 atom stereocenters. The molecule has 0 fully saturated rings. The van der Waals surface area contributed by atoms with Gasteiger partial charge in [-0.3, -0.25) is 5.41 Å². The van der Waals surface area contributed by atoms with E-state index in [2.05, 4.69) is 4.72 Å². The minimum Gasteiger partial charge on any atom is -0.388 e. The second kappa shape index (κ2) is 6.04. The van der Waals surface area contributed by atoms with Crippen LogP contribution in [0.1, 0.15) is 27.2 Å². The second-order valence-electron chi connectivity index (χ2n) is 3.54. The van der Waals surface area contributed by atoms with E-state index in [1.165, 1.54) is 4.31 Å². The first kappa shape index (κ1) is 14.3. The number of hydrogen-bond acceptors (Lipinski definition) is 3. The fourth-order valence-corrected chi connectivity index (χ4v) is 2.48. The van der Waals surface area contributed by atoms with Crippen LogP contribution < -0.4 is 10.5 Å². The van der Waals surface area contributed by atoms with Gasteiger partial charge >= 0.3 is 0 Å². The third kappa shape index (κ3) is 5.71. The Morgan fingerprint density at radius 2 is 2.07 bits per heavy atom. The maximum absolute atomic E-state index is 11.7. The highest BCUT2D eigenvalue weighted by atomic mass is 32.2. The van der Waals surface area contributed by atoms with Crippen LogP contribution in [0.5, 0.6) is 0 Å². The lowest BCUT2D eigenvalue weighted by Crippen LogP contribution is -2.44. The van der Waals surface area contributed by atoms with Gasteiger partial charge in [-0.05, 0) is 13.8 Å². The molecule has 0 saturated heterocycles. The molecule has 7 heteroatoms. The quantitative estimate of drug-likeness (QED) is 0.424. The van der Waals surface area contributed by atoms with Crippen molar-refractivity contribution in [3.63, 3.8) is 0 Å². The summed E-state index contributed by atoms with van der Waals surface area (Å²) < 4.78 is 27.1. The van der Waals surface area contributed by atoms with Crippen LogP contribution in [0.4, 0.5) is 0 Å². The molecule has 0 aromatic carbocycles. The van der Waals surface area contributed by atoms with Gasteiger partial charge in [0.1, 0.15) is 0 Å². The number of amidine groups is 1. The van der Waals surface area contributed by atoms with Gasteiger partial charge in [0.2, 0.25) is 0 Å². The van der Waals surface area contributed by atoms with E-state index < -0.39 is 10.2 Å². The van der Waals surface area contributed by atoms with Gasteiger partial charge in [0.05, 0.1) is 5.84 Å².